The molecule has 0 amide bonds. The Bertz CT molecular complexity index is 135. The molecule has 1 fully saturated rings. The van der Waals surface area contributed by atoms with Crippen LogP contribution in [-0.4, -0.2) is 0 Å². The Morgan fingerprint density at radius 1 is 0.588 bits per heavy atom. The predicted molar refractivity (Wildman–Crippen MR) is 76.3 cm³/mol. The van der Waals surface area contributed by atoms with Gasteiger partial charge in [-0.25, -0.2) is 0 Å². The molecule has 1 saturated carbocycles. The van der Waals surface area contributed by atoms with Crippen molar-refractivity contribution in [1.29, 1.82) is 0 Å². The summed E-state index contributed by atoms with van der Waals surface area (Å²) in [4.78, 5) is 0. The number of hydrogen-bond donors (Lipinski definition) is 0. The van der Waals surface area contributed by atoms with Crippen LogP contribution in [-0.2, 0) is 19.5 Å². The van der Waals surface area contributed by atoms with Gasteiger partial charge in [0, 0.05) is 19.5 Å². The SMILES string of the molecule is C=CC.C=CC.C[C]1[C](C)[C](C)[C](C)[C]1C.[Rh]. The Morgan fingerprint density at radius 3 is 0.706 bits per heavy atom. The molecule has 0 spiro atoms. The van der Waals surface area contributed by atoms with Crippen LogP contribution in [0.4, 0.5) is 0 Å². The third-order valence-electron chi connectivity index (χ3n) is 2.81. The van der Waals surface area contributed by atoms with Gasteiger partial charge in [0.1, 0.15) is 0 Å². The summed E-state index contributed by atoms with van der Waals surface area (Å²) in [5.41, 5.74) is 0. The molecule has 0 aromatic rings. The average molecular weight is 322 g/mol. The molecule has 0 nitrogen and oxygen atoms in total. The van der Waals surface area contributed by atoms with Crippen LogP contribution in [0.1, 0.15) is 48.5 Å². The molecule has 0 aliphatic heterocycles. The van der Waals surface area contributed by atoms with Crippen molar-refractivity contribution in [1.82, 2.24) is 0 Å². The molecule has 1 aliphatic rings. The van der Waals surface area contributed by atoms with Gasteiger partial charge in [-0.2, -0.15) is 0 Å². The Labute approximate surface area is 123 Å². The van der Waals surface area contributed by atoms with Crippen LogP contribution in [0, 0.1) is 29.6 Å². The second kappa shape index (κ2) is 12.6. The van der Waals surface area contributed by atoms with E-state index in [2.05, 4.69) is 47.8 Å². The van der Waals surface area contributed by atoms with E-state index in [9.17, 15) is 0 Å². The summed E-state index contributed by atoms with van der Waals surface area (Å²) in [6.45, 7) is 21.5. The molecule has 6 radical (unpaired) electrons. The van der Waals surface area contributed by atoms with E-state index in [0.717, 1.165) is 0 Å². The molecule has 1 aliphatic carbocycles. The molecule has 0 heterocycles. The van der Waals surface area contributed by atoms with Gasteiger partial charge < -0.3 is 0 Å². The summed E-state index contributed by atoms with van der Waals surface area (Å²) in [6.07, 6.45) is 3.50. The molecule has 0 unspecified atom stereocenters. The van der Waals surface area contributed by atoms with E-state index < -0.39 is 0 Å². The molecule has 0 saturated heterocycles. The average Bonchev–Trinajstić information content (AvgIpc) is 2.39. The van der Waals surface area contributed by atoms with Crippen LogP contribution in [0.5, 0.6) is 0 Å². The predicted octanol–water partition coefficient (Wildman–Crippen LogP) is 5.35. The fourth-order valence-corrected chi connectivity index (χ4v) is 1.41. The maximum atomic E-state index is 3.36. The monoisotopic (exact) mass is 322 g/mol. The van der Waals surface area contributed by atoms with Crippen LogP contribution >= 0.6 is 0 Å². The van der Waals surface area contributed by atoms with Gasteiger partial charge in [0.2, 0.25) is 0 Å². The van der Waals surface area contributed by atoms with E-state index in [0.29, 0.717) is 0 Å². The first-order valence-electron chi connectivity index (χ1n) is 5.72. The van der Waals surface area contributed by atoms with Gasteiger partial charge in [0.15, 0.2) is 0 Å². The Hall–Kier alpha value is 0.103. The smallest absolute Gasteiger partial charge is 0 e. The first kappa shape index (κ1) is 22.3. The van der Waals surface area contributed by atoms with Gasteiger partial charge in [-0.3, -0.25) is 0 Å². The van der Waals surface area contributed by atoms with E-state index in [4.69, 9.17) is 0 Å². The zero-order chi connectivity index (χ0) is 13.3. The topological polar surface area (TPSA) is 0 Å². The van der Waals surface area contributed by atoms with Crippen molar-refractivity contribution in [3.8, 4) is 0 Å². The molecule has 17 heavy (non-hydrogen) atoms. The van der Waals surface area contributed by atoms with Gasteiger partial charge >= 0.3 is 0 Å². The van der Waals surface area contributed by atoms with Gasteiger partial charge in [-0.1, -0.05) is 46.8 Å². The van der Waals surface area contributed by atoms with E-state index in [-0.39, 0.29) is 19.5 Å². The van der Waals surface area contributed by atoms with E-state index in [1.807, 2.05) is 13.8 Å². The number of hydrogen-bond acceptors (Lipinski definition) is 0. The maximum absolute atomic E-state index is 3.36. The summed E-state index contributed by atoms with van der Waals surface area (Å²) in [5, 5.41) is 0. The second-order valence-electron chi connectivity index (χ2n) is 3.94. The van der Waals surface area contributed by atoms with Crippen LogP contribution in [0.3, 0.4) is 0 Å². The first-order chi connectivity index (χ1) is 7.38. The van der Waals surface area contributed by atoms with E-state index in [1.54, 1.807) is 12.2 Å². The Balaban J connectivity index is -0.000000240. The number of rotatable bonds is 0. The standard InChI is InChI=1S/C10H15.2C3H6.Rh/c1-6-7(2)9(4)10(5)8(6)3;2*1-3-2;/h1-5H3;2*3H,1H2,2H3;. The second-order valence-corrected chi connectivity index (χ2v) is 3.94. The third-order valence-corrected chi connectivity index (χ3v) is 2.81. The van der Waals surface area contributed by atoms with Crippen LogP contribution in [0.25, 0.3) is 0 Å². The molecule has 0 aromatic carbocycles. The normalized spacial score (nSPS) is 18.3. The summed E-state index contributed by atoms with van der Waals surface area (Å²) in [5.74, 6) is 7.34. The summed E-state index contributed by atoms with van der Waals surface area (Å²) in [6, 6.07) is 0. The minimum Gasteiger partial charge on any atom is -0.103 e. The van der Waals surface area contributed by atoms with Gasteiger partial charge in [0.25, 0.3) is 0 Å². The Morgan fingerprint density at radius 2 is 0.647 bits per heavy atom. The maximum Gasteiger partial charge on any atom is 0 e. The van der Waals surface area contributed by atoms with Crippen molar-refractivity contribution in [3.63, 3.8) is 0 Å². The zero-order valence-corrected chi connectivity index (χ0v) is 14.0. The molecule has 1 rings (SSSR count). The van der Waals surface area contributed by atoms with Gasteiger partial charge in [-0.15, -0.1) is 13.2 Å². The fourth-order valence-electron chi connectivity index (χ4n) is 1.41. The van der Waals surface area contributed by atoms with E-state index >= 15 is 0 Å². The minimum absolute atomic E-state index is 0. The molecule has 1 heteroatoms. The van der Waals surface area contributed by atoms with Crippen molar-refractivity contribution in [2.45, 2.75) is 48.5 Å². The van der Waals surface area contributed by atoms with Gasteiger partial charge in [0.05, 0.1) is 0 Å². The van der Waals surface area contributed by atoms with Crippen molar-refractivity contribution in [2.75, 3.05) is 0 Å². The summed E-state index contributed by atoms with van der Waals surface area (Å²) < 4.78 is 0. The summed E-state index contributed by atoms with van der Waals surface area (Å²) in [7, 11) is 0. The van der Waals surface area contributed by atoms with Crippen LogP contribution < -0.4 is 0 Å². The van der Waals surface area contributed by atoms with Gasteiger partial charge in [-0.05, 0) is 43.4 Å². The molecule has 0 aromatic heterocycles. The fraction of sp³-hybridized carbons (Fsp3) is 0.438. The molecular formula is C16H27Rh. The first-order valence-corrected chi connectivity index (χ1v) is 5.72. The molecular weight excluding hydrogens is 295 g/mol. The third kappa shape index (κ3) is 7.93. The van der Waals surface area contributed by atoms with Crippen molar-refractivity contribution >= 4 is 0 Å². The zero-order valence-electron chi connectivity index (χ0n) is 12.4. The molecule has 0 bridgehead atoms. The van der Waals surface area contributed by atoms with Crippen molar-refractivity contribution < 1.29 is 19.5 Å². The molecule has 100 valence electrons. The largest absolute Gasteiger partial charge is 0.103 e. The number of allylic oxidation sites excluding steroid dienone is 2. The molecule has 0 N–H and O–H groups in total. The van der Waals surface area contributed by atoms with Crippen molar-refractivity contribution in [2.24, 2.45) is 0 Å². The quantitative estimate of drug-likeness (QED) is 0.416. The van der Waals surface area contributed by atoms with Crippen LogP contribution in [0.2, 0.25) is 0 Å². The summed E-state index contributed by atoms with van der Waals surface area (Å²) >= 11 is 0. The minimum atomic E-state index is 0. The van der Waals surface area contributed by atoms with E-state index in [1.165, 1.54) is 29.6 Å². The Kier molecular flexibility index (Phi) is 16.5. The van der Waals surface area contributed by atoms with Crippen LogP contribution in [0.15, 0.2) is 25.3 Å². The van der Waals surface area contributed by atoms with Crippen molar-refractivity contribution in [3.05, 3.63) is 54.9 Å². The molecule has 0 atom stereocenters.